The zero-order valence-electron chi connectivity index (χ0n) is 13.2. The molecule has 0 saturated carbocycles. The fourth-order valence-electron chi connectivity index (χ4n) is 1.62. The zero-order valence-corrected chi connectivity index (χ0v) is 13.2. The van der Waals surface area contributed by atoms with Gasteiger partial charge in [0.05, 0.1) is 19.3 Å². The summed E-state index contributed by atoms with van der Waals surface area (Å²) >= 11 is 0. The summed E-state index contributed by atoms with van der Waals surface area (Å²) in [5, 5.41) is 0. The van der Waals surface area contributed by atoms with Crippen molar-refractivity contribution in [2.45, 2.75) is 19.8 Å². The Balaban J connectivity index is 2.23. The van der Waals surface area contributed by atoms with E-state index in [9.17, 15) is 14.4 Å². The summed E-state index contributed by atoms with van der Waals surface area (Å²) in [4.78, 5) is 33.8. The van der Waals surface area contributed by atoms with Crippen LogP contribution in [0.3, 0.4) is 0 Å². The van der Waals surface area contributed by atoms with Crippen LogP contribution in [0.5, 0.6) is 0 Å². The highest BCUT2D eigenvalue weighted by Crippen LogP contribution is 2.04. The van der Waals surface area contributed by atoms with E-state index in [0.29, 0.717) is 12.0 Å². The van der Waals surface area contributed by atoms with Gasteiger partial charge in [0.25, 0.3) is 0 Å². The monoisotopic (exact) mass is 320 g/mol. The summed E-state index contributed by atoms with van der Waals surface area (Å²) in [7, 11) is 1.21. The molecule has 0 saturated heterocycles. The molecule has 6 nitrogen and oxygen atoms in total. The quantitative estimate of drug-likeness (QED) is 0.240. The van der Waals surface area contributed by atoms with Crippen molar-refractivity contribution in [3.8, 4) is 0 Å². The Kier molecular flexibility index (Phi) is 8.13. The van der Waals surface area contributed by atoms with Crippen LogP contribution in [-0.4, -0.2) is 38.2 Å². The number of rotatable bonds is 8. The topological polar surface area (TPSA) is 78.9 Å². The smallest absolute Gasteiger partial charge is 0.338 e. The fourth-order valence-corrected chi connectivity index (χ4v) is 1.62. The van der Waals surface area contributed by atoms with Crippen LogP contribution in [0, 0.1) is 0 Å². The van der Waals surface area contributed by atoms with Crippen LogP contribution in [0.4, 0.5) is 0 Å². The molecule has 6 heteroatoms. The van der Waals surface area contributed by atoms with E-state index in [-0.39, 0.29) is 19.2 Å². The summed E-state index contributed by atoms with van der Waals surface area (Å²) in [5.74, 6) is -1.64. The first-order valence-electron chi connectivity index (χ1n) is 7.13. The van der Waals surface area contributed by atoms with Crippen molar-refractivity contribution in [3.63, 3.8) is 0 Å². The maximum absolute atomic E-state index is 11.7. The highest BCUT2D eigenvalue weighted by Gasteiger charge is 2.10. The average molecular weight is 320 g/mol. The van der Waals surface area contributed by atoms with Gasteiger partial charge in [0, 0.05) is 0 Å². The standard InChI is InChI=1S/C17H20O6/c1-13(7-6-10-22-16(19)11-15(18)21-2)12-23-17(20)14-8-4-3-5-9-14/h3-5,7-9H,6,10-12H2,1-2H3/b13-7+. The minimum absolute atomic E-state index is 0.153. The Morgan fingerprint density at radius 2 is 1.74 bits per heavy atom. The molecule has 0 heterocycles. The molecular formula is C17H20O6. The maximum atomic E-state index is 11.7. The number of hydrogen-bond donors (Lipinski definition) is 0. The molecule has 0 N–H and O–H groups in total. The third-order valence-corrected chi connectivity index (χ3v) is 2.83. The summed E-state index contributed by atoms with van der Waals surface area (Å²) < 4.78 is 14.4. The lowest BCUT2D eigenvalue weighted by atomic mass is 10.2. The van der Waals surface area contributed by atoms with E-state index < -0.39 is 18.4 Å². The van der Waals surface area contributed by atoms with Gasteiger partial charge in [-0.3, -0.25) is 9.59 Å². The second-order valence-electron chi connectivity index (χ2n) is 4.75. The molecule has 0 aromatic heterocycles. The largest absolute Gasteiger partial charge is 0.469 e. The number of ether oxygens (including phenoxy) is 3. The number of benzene rings is 1. The predicted molar refractivity (Wildman–Crippen MR) is 82.7 cm³/mol. The number of methoxy groups -OCH3 is 1. The molecule has 0 aliphatic rings. The molecular weight excluding hydrogens is 300 g/mol. The van der Waals surface area contributed by atoms with Crippen molar-refractivity contribution < 1.29 is 28.6 Å². The van der Waals surface area contributed by atoms with Gasteiger partial charge < -0.3 is 14.2 Å². The molecule has 0 spiro atoms. The van der Waals surface area contributed by atoms with Crippen LogP contribution in [0.25, 0.3) is 0 Å². The van der Waals surface area contributed by atoms with E-state index >= 15 is 0 Å². The van der Waals surface area contributed by atoms with Crippen molar-refractivity contribution in [2.24, 2.45) is 0 Å². The lowest BCUT2D eigenvalue weighted by Crippen LogP contribution is -2.12. The second-order valence-corrected chi connectivity index (χ2v) is 4.75. The molecule has 0 aliphatic carbocycles. The molecule has 1 aromatic carbocycles. The van der Waals surface area contributed by atoms with E-state index in [2.05, 4.69) is 4.74 Å². The first-order valence-corrected chi connectivity index (χ1v) is 7.13. The van der Waals surface area contributed by atoms with Gasteiger partial charge in [-0.25, -0.2) is 4.79 Å². The van der Waals surface area contributed by atoms with Gasteiger partial charge >= 0.3 is 17.9 Å². The summed E-state index contributed by atoms with van der Waals surface area (Å²) in [5.41, 5.74) is 1.34. The molecule has 0 unspecified atom stereocenters. The van der Waals surface area contributed by atoms with E-state index in [1.807, 2.05) is 19.1 Å². The Bertz CT molecular complexity index is 562. The van der Waals surface area contributed by atoms with Gasteiger partial charge in [-0.05, 0) is 31.1 Å². The van der Waals surface area contributed by atoms with Crippen LogP contribution in [0.15, 0.2) is 42.0 Å². The summed E-state index contributed by atoms with van der Waals surface area (Å²) in [6.45, 7) is 2.14. The van der Waals surface area contributed by atoms with Crippen LogP contribution in [0.2, 0.25) is 0 Å². The second kappa shape index (κ2) is 10.2. The molecule has 23 heavy (non-hydrogen) atoms. The molecule has 0 aliphatic heterocycles. The van der Waals surface area contributed by atoms with E-state index in [1.165, 1.54) is 7.11 Å². The Hall–Kier alpha value is -2.63. The first-order chi connectivity index (χ1) is 11.0. The highest BCUT2D eigenvalue weighted by atomic mass is 16.5. The third-order valence-electron chi connectivity index (χ3n) is 2.83. The van der Waals surface area contributed by atoms with Gasteiger partial charge in [0.15, 0.2) is 0 Å². The van der Waals surface area contributed by atoms with Crippen molar-refractivity contribution in [3.05, 3.63) is 47.5 Å². The predicted octanol–water partition coefficient (Wildman–Crippen LogP) is 2.29. The number of carbonyl (C=O) groups excluding carboxylic acids is 3. The Morgan fingerprint density at radius 3 is 2.39 bits per heavy atom. The van der Waals surface area contributed by atoms with Crippen molar-refractivity contribution in [1.29, 1.82) is 0 Å². The van der Waals surface area contributed by atoms with Crippen LogP contribution in [-0.2, 0) is 23.8 Å². The lowest BCUT2D eigenvalue weighted by Gasteiger charge is -2.06. The van der Waals surface area contributed by atoms with Gasteiger partial charge in [0.2, 0.25) is 0 Å². The lowest BCUT2D eigenvalue weighted by molar-refractivity contribution is -0.152. The molecule has 1 aromatic rings. The normalized spacial score (nSPS) is 10.8. The number of hydrogen-bond acceptors (Lipinski definition) is 6. The minimum atomic E-state index is -0.630. The third kappa shape index (κ3) is 7.80. The fraction of sp³-hybridized carbons (Fsp3) is 0.353. The molecule has 0 bridgehead atoms. The molecule has 1 rings (SSSR count). The molecule has 124 valence electrons. The zero-order chi connectivity index (χ0) is 17.1. The summed E-state index contributed by atoms with van der Waals surface area (Å²) in [6, 6.07) is 8.72. The van der Waals surface area contributed by atoms with Gasteiger partial charge in [-0.2, -0.15) is 0 Å². The Morgan fingerprint density at radius 1 is 1.04 bits per heavy atom. The van der Waals surface area contributed by atoms with Gasteiger partial charge in [-0.1, -0.05) is 24.3 Å². The SMILES string of the molecule is COC(=O)CC(=O)OCC/C=C(\C)COC(=O)c1ccccc1. The molecule has 0 atom stereocenters. The van der Waals surface area contributed by atoms with Crippen molar-refractivity contribution >= 4 is 17.9 Å². The van der Waals surface area contributed by atoms with E-state index in [0.717, 1.165) is 5.57 Å². The Labute approximate surface area is 135 Å². The molecule has 0 fully saturated rings. The van der Waals surface area contributed by atoms with Crippen LogP contribution in [0.1, 0.15) is 30.1 Å². The summed E-state index contributed by atoms with van der Waals surface area (Å²) in [6.07, 6.45) is 1.89. The number of carbonyl (C=O) groups is 3. The molecule has 0 amide bonds. The average Bonchev–Trinajstić information content (AvgIpc) is 2.57. The highest BCUT2D eigenvalue weighted by molar-refractivity contribution is 5.91. The number of esters is 3. The van der Waals surface area contributed by atoms with Crippen LogP contribution >= 0.6 is 0 Å². The maximum Gasteiger partial charge on any atom is 0.338 e. The van der Waals surface area contributed by atoms with Crippen molar-refractivity contribution in [1.82, 2.24) is 0 Å². The van der Waals surface area contributed by atoms with Gasteiger partial charge in [-0.15, -0.1) is 0 Å². The van der Waals surface area contributed by atoms with Crippen LogP contribution < -0.4 is 0 Å². The van der Waals surface area contributed by atoms with E-state index in [1.54, 1.807) is 24.3 Å². The first kappa shape index (κ1) is 18.4. The molecule has 0 radical (unpaired) electrons. The van der Waals surface area contributed by atoms with Gasteiger partial charge in [0.1, 0.15) is 13.0 Å². The minimum Gasteiger partial charge on any atom is -0.469 e. The van der Waals surface area contributed by atoms with Crippen molar-refractivity contribution in [2.75, 3.05) is 20.3 Å². The van der Waals surface area contributed by atoms with E-state index in [4.69, 9.17) is 9.47 Å².